The number of thiazole rings is 1. The SMILES string of the molecule is COC(=O)c1sc(-c2cccnc2N)nc1C(C)(C)C. The first-order valence-corrected chi connectivity index (χ1v) is 6.96. The number of carbonyl (C=O) groups is 1. The van der Waals surface area contributed by atoms with Gasteiger partial charge in [-0.05, 0) is 12.1 Å². The first-order chi connectivity index (χ1) is 9.34. The van der Waals surface area contributed by atoms with Crippen molar-refractivity contribution < 1.29 is 9.53 Å². The van der Waals surface area contributed by atoms with Crippen molar-refractivity contribution in [1.29, 1.82) is 0 Å². The summed E-state index contributed by atoms with van der Waals surface area (Å²) in [7, 11) is 1.37. The van der Waals surface area contributed by atoms with Crippen LogP contribution in [0.1, 0.15) is 36.1 Å². The largest absolute Gasteiger partial charge is 0.465 e. The van der Waals surface area contributed by atoms with Gasteiger partial charge in [-0.2, -0.15) is 0 Å². The van der Waals surface area contributed by atoms with Crippen molar-refractivity contribution in [2.45, 2.75) is 26.2 Å². The zero-order valence-electron chi connectivity index (χ0n) is 11.9. The van der Waals surface area contributed by atoms with Crippen LogP contribution in [0.4, 0.5) is 5.82 Å². The average molecular weight is 291 g/mol. The molecule has 0 aliphatic heterocycles. The molecule has 0 saturated carbocycles. The molecule has 2 rings (SSSR count). The lowest BCUT2D eigenvalue weighted by molar-refractivity contribution is 0.0603. The van der Waals surface area contributed by atoms with Crippen molar-refractivity contribution in [1.82, 2.24) is 9.97 Å². The molecular weight excluding hydrogens is 274 g/mol. The third-order valence-electron chi connectivity index (χ3n) is 2.78. The van der Waals surface area contributed by atoms with E-state index in [0.717, 1.165) is 5.56 Å². The highest BCUT2D eigenvalue weighted by Gasteiger charge is 2.28. The van der Waals surface area contributed by atoms with Gasteiger partial charge in [0.1, 0.15) is 15.7 Å². The van der Waals surface area contributed by atoms with E-state index in [9.17, 15) is 4.79 Å². The zero-order valence-corrected chi connectivity index (χ0v) is 12.7. The van der Waals surface area contributed by atoms with E-state index in [0.29, 0.717) is 21.4 Å². The highest BCUT2D eigenvalue weighted by atomic mass is 32.1. The fraction of sp³-hybridized carbons (Fsp3) is 0.357. The minimum atomic E-state index is -0.374. The molecule has 0 saturated heterocycles. The number of hydrogen-bond acceptors (Lipinski definition) is 6. The number of rotatable bonds is 2. The predicted molar refractivity (Wildman–Crippen MR) is 79.8 cm³/mol. The molecule has 0 amide bonds. The van der Waals surface area contributed by atoms with Gasteiger partial charge >= 0.3 is 5.97 Å². The van der Waals surface area contributed by atoms with Crippen LogP contribution in [0.5, 0.6) is 0 Å². The summed E-state index contributed by atoms with van der Waals surface area (Å²) in [6.45, 7) is 6.01. The summed E-state index contributed by atoms with van der Waals surface area (Å²) >= 11 is 1.28. The smallest absolute Gasteiger partial charge is 0.350 e. The molecule has 0 fully saturated rings. The van der Waals surface area contributed by atoms with Gasteiger partial charge in [-0.25, -0.2) is 14.8 Å². The van der Waals surface area contributed by atoms with E-state index in [1.807, 2.05) is 26.8 Å². The van der Waals surface area contributed by atoms with Crippen LogP contribution in [0.2, 0.25) is 0 Å². The third kappa shape index (κ3) is 2.65. The predicted octanol–water partition coefficient (Wildman–Crippen LogP) is 2.87. The minimum absolute atomic E-state index is 0.255. The van der Waals surface area contributed by atoms with Crippen molar-refractivity contribution in [2.75, 3.05) is 12.8 Å². The van der Waals surface area contributed by atoms with Crippen LogP contribution in [0, 0.1) is 0 Å². The number of esters is 1. The lowest BCUT2D eigenvalue weighted by Crippen LogP contribution is -2.16. The quantitative estimate of drug-likeness (QED) is 0.861. The Kier molecular flexibility index (Phi) is 3.76. The molecule has 5 nitrogen and oxygen atoms in total. The number of carbonyl (C=O) groups excluding carboxylic acids is 1. The number of nitrogens with zero attached hydrogens (tertiary/aromatic N) is 2. The van der Waals surface area contributed by atoms with Gasteiger partial charge in [0.25, 0.3) is 0 Å². The zero-order chi connectivity index (χ0) is 14.9. The molecule has 0 aromatic carbocycles. The van der Waals surface area contributed by atoms with Gasteiger partial charge in [0.05, 0.1) is 18.4 Å². The Morgan fingerprint density at radius 1 is 1.40 bits per heavy atom. The molecule has 0 bridgehead atoms. The Balaban J connectivity index is 2.61. The van der Waals surface area contributed by atoms with E-state index in [4.69, 9.17) is 10.5 Å². The molecule has 6 heteroatoms. The summed E-state index contributed by atoms with van der Waals surface area (Å²) in [6.07, 6.45) is 1.62. The van der Waals surface area contributed by atoms with Crippen molar-refractivity contribution in [3.8, 4) is 10.6 Å². The lowest BCUT2D eigenvalue weighted by Gasteiger charge is -2.16. The van der Waals surface area contributed by atoms with Crippen LogP contribution in [0.3, 0.4) is 0 Å². The molecule has 0 radical (unpaired) electrons. The van der Waals surface area contributed by atoms with Gasteiger partial charge in [0.15, 0.2) is 0 Å². The van der Waals surface area contributed by atoms with Gasteiger partial charge in [-0.15, -0.1) is 11.3 Å². The van der Waals surface area contributed by atoms with Gasteiger partial charge in [0.2, 0.25) is 0 Å². The number of methoxy groups -OCH3 is 1. The van der Waals surface area contributed by atoms with Crippen molar-refractivity contribution in [2.24, 2.45) is 0 Å². The number of hydrogen-bond donors (Lipinski definition) is 1. The second-order valence-electron chi connectivity index (χ2n) is 5.37. The fourth-order valence-corrected chi connectivity index (χ4v) is 3.00. The Hall–Kier alpha value is -1.95. The normalized spacial score (nSPS) is 11.4. The van der Waals surface area contributed by atoms with Crippen LogP contribution in [-0.2, 0) is 10.2 Å². The molecule has 0 aliphatic carbocycles. The van der Waals surface area contributed by atoms with Gasteiger partial charge in [-0.1, -0.05) is 20.8 Å². The maximum atomic E-state index is 11.9. The average Bonchev–Trinajstić information content (AvgIpc) is 2.83. The van der Waals surface area contributed by atoms with E-state index < -0.39 is 0 Å². The van der Waals surface area contributed by atoms with Crippen molar-refractivity contribution in [3.05, 3.63) is 28.9 Å². The van der Waals surface area contributed by atoms with E-state index in [1.165, 1.54) is 18.4 Å². The standard InChI is InChI=1S/C14H17N3O2S/c1-14(2,3)10-9(13(18)19-4)20-12(17-10)8-6-5-7-16-11(8)15/h5-7H,1-4H3,(H2,15,16). The summed E-state index contributed by atoms with van der Waals surface area (Å²) < 4.78 is 4.84. The van der Waals surface area contributed by atoms with Crippen molar-refractivity contribution >= 4 is 23.1 Å². The molecule has 2 N–H and O–H groups in total. The Labute approximate surface area is 121 Å². The number of pyridine rings is 1. The fourth-order valence-electron chi connectivity index (χ4n) is 1.77. The number of nitrogen functional groups attached to an aromatic ring is 1. The third-order valence-corrected chi connectivity index (χ3v) is 3.85. The summed E-state index contributed by atoms with van der Waals surface area (Å²) in [5, 5.41) is 0.681. The van der Waals surface area contributed by atoms with Gasteiger partial charge in [-0.3, -0.25) is 0 Å². The summed E-state index contributed by atoms with van der Waals surface area (Å²) in [6, 6.07) is 3.64. The number of aromatic nitrogens is 2. The molecule has 2 heterocycles. The van der Waals surface area contributed by atoms with Gasteiger partial charge in [0, 0.05) is 11.6 Å². The molecule has 2 aromatic rings. The summed E-state index contributed by atoms with van der Waals surface area (Å²) in [5.41, 5.74) is 7.06. The Morgan fingerprint density at radius 2 is 2.10 bits per heavy atom. The molecule has 0 atom stereocenters. The first-order valence-electron chi connectivity index (χ1n) is 6.15. The molecule has 20 heavy (non-hydrogen) atoms. The Morgan fingerprint density at radius 3 is 2.65 bits per heavy atom. The second kappa shape index (κ2) is 5.20. The minimum Gasteiger partial charge on any atom is -0.465 e. The number of ether oxygens (including phenoxy) is 1. The van der Waals surface area contributed by atoms with Crippen LogP contribution in [0.25, 0.3) is 10.6 Å². The van der Waals surface area contributed by atoms with Crippen LogP contribution in [-0.4, -0.2) is 23.0 Å². The maximum absolute atomic E-state index is 11.9. The lowest BCUT2D eigenvalue weighted by atomic mass is 9.91. The van der Waals surface area contributed by atoms with Gasteiger partial charge < -0.3 is 10.5 Å². The Bertz CT molecular complexity index is 644. The van der Waals surface area contributed by atoms with E-state index >= 15 is 0 Å². The highest BCUT2D eigenvalue weighted by Crippen LogP contribution is 2.36. The molecule has 0 spiro atoms. The first kappa shape index (κ1) is 14.5. The van der Waals surface area contributed by atoms with Crippen LogP contribution < -0.4 is 5.73 Å². The summed E-state index contributed by atoms with van der Waals surface area (Å²) in [4.78, 5) is 21.1. The second-order valence-corrected chi connectivity index (χ2v) is 6.37. The highest BCUT2D eigenvalue weighted by molar-refractivity contribution is 7.17. The number of anilines is 1. The molecule has 0 unspecified atom stereocenters. The molecule has 2 aromatic heterocycles. The van der Waals surface area contributed by atoms with E-state index in [-0.39, 0.29) is 11.4 Å². The molecular formula is C14H17N3O2S. The summed E-state index contributed by atoms with van der Waals surface area (Å²) in [5.74, 6) is 0.0271. The van der Waals surface area contributed by atoms with E-state index in [2.05, 4.69) is 9.97 Å². The number of nitrogens with two attached hydrogens (primary N) is 1. The van der Waals surface area contributed by atoms with Crippen molar-refractivity contribution in [3.63, 3.8) is 0 Å². The van der Waals surface area contributed by atoms with Crippen LogP contribution in [0.15, 0.2) is 18.3 Å². The topological polar surface area (TPSA) is 78.1 Å². The monoisotopic (exact) mass is 291 g/mol. The van der Waals surface area contributed by atoms with E-state index in [1.54, 1.807) is 12.3 Å². The van der Waals surface area contributed by atoms with Crippen LogP contribution >= 0.6 is 11.3 Å². The molecule has 106 valence electrons. The maximum Gasteiger partial charge on any atom is 0.350 e. The molecule has 0 aliphatic rings.